The molecule has 26 heavy (non-hydrogen) atoms. The second-order valence-electron chi connectivity index (χ2n) is 6.66. The molecule has 1 fully saturated rings. The fourth-order valence-electron chi connectivity index (χ4n) is 2.98. The van der Waals surface area contributed by atoms with Gasteiger partial charge in [-0.1, -0.05) is 12.1 Å². The number of hydrogen-bond donors (Lipinski definition) is 3. The van der Waals surface area contributed by atoms with Crippen LogP contribution in [0.15, 0.2) is 53.8 Å². The number of aliphatic imine (C=N–C) groups is 1. The Morgan fingerprint density at radius 2 is 2.04 bits per heavy atom. The molecule has 1 saturated carbocycles. The minimum Gasteiger partial charge on any atom is -0.387 e. The van der Waals surface area contributed by atoms with E-state index < -0.39 is 6.10 Å². The number of hydrogen-bond acceptors (Lipinski definition) is 3. The minimum atomic E-state index is -0.639. The first-order valence-corrected chi connectivity index (χ1v) is 8.99. The monoisotopic (exact) mass is 356 g/mol. The van der Waals surface area contributed by atoms with Crippen molar-refractivity contribution in [2.45, 2.75) is 31.3 Å². The number of guanidine groups is 1. The van der Waals surface area contributed by atoms with E-state index >= 15 is 0 Å². The van der Waals surface area contributed by atoms with Crippen LogP contribution >= 0.6 is 0 Å². The van der Waals surface area contributed by atoms with Crippen molar-refractivity contribution in [3.8, 4) is 0 Å². The molecule has 1 atom stereocenters. The van der Waals surface area contributed by atoms with E-state index in [4.69, 9.17) is 0 Å². The third-order valence-electron chi connectivity index (χ3n) is 4.73. The van der Waals surface area contributed by atoms with Crippen molar-refractivity contribution in [1.82, 2.24) is 15.6 Å². The number of halogens is 1. The maximum absolute atomic E-state index is 13.5. The van der Waals surface area contributed by atoms with Gasteiger partial charge in [-0.3, -0.25) is 9.98 Å². The molecule has 2 aromatic rings. The van der Waals surface area contributed by atoms with E-state index in [9.17, 15) is 9.50 Å². The fraction of sp³-hybridized carbons (Fsp3) is 0.400. The molecule has 1 aromatic carbocycles. The summed E-state index contributed by atoms with van der Waals surface area (Å²) in [6, 6.07) is 10.4. The molecule has 3 rings (SSSR count). The summed E-state index contributed by atoms with van der Waals surface area (Å²) in [5.41, 5.74) is 1.75. The lowest BCUT2D eigenvalue weighted by Gasteiger charge is -2.18. The standard InChI is InChI=1S/C20H25FN4O/c1-2-23-19(24-13-18(26)15-6-10-22-11-7-15)25-14-20(8-9-20)16-4-3-5-17(21)12-16/h3-7,10-12,18,26H,2,8-9,13-14H2,1H3,(H2,23,24,25). The maximum Gasteiger partial charge on any atom is 0.191 e. The smallest absolute Gasteiger partial charge is 0.191 e. The number of nitrogens with zero attached hydrogens (tertiary/aromatic N) is 2. The highest BCUT2D eigenvalue weighted by Gasteiger charge is 2.44. The lowest BCUT2D eigenvalue weighted by Crippen LogP contribution is -2.40. The van der Waals surface area contributed by atoms with Gasteiger partial charge in [-0.25, -0.2) is 4.39 Å². The number of nitrogens with one attached hydrogen (secondary N) is 2. The first-order valence-electron chi connectivity index (χ1n) is 8.99. The maximum atomic E-state index is 13.5. The van der Waals surface area contributed by atoms with E-state index in [0.717, 1.165) is 30.5 Å². The SMILES string of the molecule is CCNC(=NCC1(c2cccc(F)c2)CC1)NCC(O)c1ccncc1. The molecule has 3 N–H and O–H groups in total. The lowest BCUT2D eigenvalue weighted by molar-refractivity contribution is 0.180. The Kier molecular flexibility index (Phi) is 5.83. The van der Waals surface area contributed by atoms with E-state index in [1.807, 2.05) is 13.0 Å². The van der Waals surface area contributed by atoms with Crippen molar-refractivity contribution < 1.29 is 9.50 Å². The first kappa shape index (κ1) is 18.3. The Morgan fingerprint density at radius 3 is 2.69 bits per heavy atom. The van der Waals surface area contributed by atoms with Gasteiger partial charge in [0.05, 0.1) is 12.6 Å². The summed E-state index contributed by atoms with van der Waals surface area (Å²) in [6.07, 6.45) is 4.71. The normalized spacial score (nSPS) is 16.8. The largest absolute Gasteiger partial charge is 0.387 e. The minimum absolute atomic E-state index is 0.0613. The van der Waals surface area contributed by atoms with Gasteiger partial charge in [0.2, 0.25) is 0 Å². The van der Waals surface area contributed by atoms with Gasteiger partial charge in [-0.05, 0) is 55.2 Å². The molecule has 0 bridgehead atoms. The van der Waals surface area contributed by atoms with Crippen molar-refractivity contribution in [3.63, 3.8) is 0 Å². The van der Waals surface area contributed by atoms with Crippen LogP contribution in [0, 0.1) is 5.82 Å². The van der Waals surface area contributed by atoms with Gasteiger partial charge in [-0.15, -0.1) is 0 Å². The van der Waals surface area contributed by atoms with Crippen molar-refractivity contribution >= 4 is 5.96 Å². The molecular formula is C20H25FN4O. The molecule has 0 spiro atoms. The van der Waals surface area contributed by atoms with Gasteiger partial charge in [0.25, 0.3) is 0 Å². The van der Waals surface area contributed by atoms with Crippen LogP contribution in [0.3, 0.4) is 0 Å². The van der Waals surface area contributed by atoms with Gasteiger partial charge < -0.3 is 15.7 Å². The Hall–Kier alpha value is -2.47. The average Bonchev–Trinajstić information content (AvgIpc) is 3.46. The average molecular weight is 356 g/mol. The quantitative estimate of drug-likeness (QED) is 0.527. The zero-order valence-corrected chi connectivity index (χ0v) is 15.0. The predicted octanol–water partition coefficient (Wildman–Crippen LogP) is 2.54. The van der Waals surface area contributed by atoms with Crippen LogP contribution in [-0.4, -0.2) is 35.7 Å². The summed E-state index contributed by atoms with van der Waals surface area (Å²) in [7, 11) is 0. The van der Waals surface area contributed by atoms with Gasteiger partial charge >= 0.3 is 0 Å². The summed E-state index contributed by atoms with van der Waals surface area (Å²) in [5.74, 6) is 0.451. The van der Waals surface area contributed by atoms with Crippen LogP contribution in [0.1, 0.15) is 37.0 Å². The molecule has 0 aliphatic heterocycles. The first-order chi connectivity index (χ1) is 12.6. The fourth-order valence-corrected chi connectivity index (χ4v) is 2.98. The van der Waals surface area contributed by atoms with Crippen LogP contribution in [-0.2, 0) is 5.41 Å². The number of aromatic nitrogens is 1. The Morgan fingerprint density at radius 1 is 1.27 bits per heavy atom. The van der Waals surface area contributed by atoms with E-state index in [1.54, 1.807) is 36.7 Å². The molecule has 1 unspecified atom stereocenters. The molecule has 0 saturated heterocycles. The summed E-state index contributed by atoms with van der Waals surface area (Å²) >= 11 is 0. The Balaban J connectivity index is 1.62. The highest BCUT2D eigenvalue weighted by atomic mass is 19.1. The van der Waals surface area contributed by atoms with Crippen molar-refractivity contribution in [2.24, 2.45) is 4.99 Å². The molecule has 138 valence electrons. The summed E-state index contributed by atoms with van der Waals surface area (Å²) in [6.45, 7) is 3.67. The molecular weight excluding hydrogens is 331 g/mol. The predicted molar refractivity (Wildman–Crippen MR) is 100 cm³/mol. The van der Waals surface area contributed by atoms with Gasteiger partial charge in [-0.2, -0.15) is 0 Å². The topological polar surface area (TPSA) is 69.5 Å². The van der Waals surface area contributed by atoms with Gasteiger partial charge in [0.15, 0.2) is 5.96 Å². The van der Waals surface area contributed by atoms with Crippen LogP contribution in [0.25, 0.3) is 0 Å². The zero-order valence-electron chi connectivity index (χ0n) is 15.0. The van der Waals surface area contributed by atoms with Crippen molar-refractivity contribution in [2.75, 3.05) is 19.6 Å². The third-order valence-corrected chi connectivity index (χ3v) is 4.73. The number of aliphatic hydroxyl groups is 1. The molecule has 1 aromatic heterocycles. The van der Waals surface area contributed by atoms with Crippen LogP contribution < -0.4 is 10.6 Å². The lowest BCUT2D eigenvalue weighted by atomic mass is 9.96. The van der Waals surface area contributed by atoms with E-state index in [2.05, 4.69) is 20.6 Å². The van der Waals surface area contributed by atoms with Crippen molar-refractivity contribution in [3.05, 3.63) is 65.7 Å². The molecule has 1 aliphatic carbocycles. The van der Waals surface area contributed by atoms with Crippen LogP contribution in [0.5, 0.6) is 0 Å². The van der Waals surface area contributed by atoms with E-state index in [1.165, 1.54) is 6.07 Å². The second-order valence-corrected chi connectivity index (χ2v) is 6.66. The summed E-state index contributed by atoms with van der Waals surface area (Å²) < 4.78 is 13.5. The second kappa shape index (κ2) is 8.27. The summed E-state index contributed by atoms with van der Waals surface area (Å²) in [5, 5.41) is 16.6. The molecule has 6 heteroatoms. The van der Waals surface area contributed by atoms with Crippen molar-refractivity contribution in [1.29, 1.82) is 0 Å². The van der Waals surface area contributed by atoms with Crippen LogP contribution in [0.4, 0.5) is 4.39 Å². The number of rotatable bonds is 7. The van der Waals surface area contributed by atoms with E-state index in [-0.39, 0.29) is 11.2 Å². The molecule has 1 heterocycles. The number of aliphatic hydroxyl groups excluding tert-OH is 1. The molecule has 1 aliphatic rings. The Bertz CT molecular complexity index is 746. The van der Waals surface area contributed by atoms with Gasteiger partial charge in [0, 0.05) is 30.9 Å². The van der Waals surface area contributed by atoms with Gasteiger partial charge in [0.1, 0.15) is 5.82 Å². The third kappa shape index (κ3) is 4.58. The Labute approximate surface area is 153 Å². The number of pyridine rings is 1. The molecule has 0 amide bonds. The highest BCUT2D eigenvalue weighted by Crippen LogP contribution is 2.48. The highest BCUT2D eigenvalue weighted by molar-refractivity contribution is 5.79. The number of benzene rings is 1. The van der Waals surface area contributed by atoms with E-state index in [0.29, 0.717) is 19.0 Å². The van der Waals surface area contributed by atoms with Crippen LogP contribution in [0.2, 0.25) is 0 Å². The molecule has 5 nitrogen and oxygen atoms in total. The molecule has 0 radical (unpaired) electrons. The summed E-state index contributed by atoms with van der Waals surface area (Å²) in [4.78, 5) is 8.62. The zero-order chi connectivity index (χ0) is 18.4.